The standard InChI is InChI=1S/C12H15BrN2O3/c1-7(2)15(6-11(14)16)10-4-3-8(12(17)18)5-9(10)13/h3-5,7H,6H2,1-2H3,(H2,14,16)(H,17,18). The average Bonchev–Trinajstić information content (AvgIpc) is 2.25. The maximum atomic E-state index is 11.0. The molecule has 0 radical (unpaired) electrons. The number of primary amides is 1. The van der Waals surface area contributed by atoms with Gasteiger partial charge in [-0.2, -0.15) is 0 Å². The second-order valence-electron chi connectivity index (χ2n) is 4.16. The number of carbonyl (C=O) groups excluding carboxylic acids is 1. The van der Waals surface area contributed by atoms with Crippen molar-refractivity contribution in [3.8, 4) is 0 Å². The molecule has 0 aromatic heterocycles. The fraction of sp³-hybridized carbons (Fsp3) is 0.333. The van der Waals surface area contributed by atoms with Crippen molar-refractivity contribution in [3.63, 3.8) is 0 Å². The van der Waals surface area contributed by atoms with Crippen LogP contribution in [0.1, 0.15) is 24.2 Å². The Bertz CT molecular complexity index is 474. The predicted molar refractivity (Wildman–Crippen MR) is 72.8 cm³/mol. The summed E-state index contributed by atoms with van der Waals surface area (Å²) in [5.74, 6) is -1.42. The van der Waals surface area contributed by atoms with Crippen molar-refractivity contribution in [2.24, 2.45) is 5.73 Å². The van der Waals surface area contributed by atoms with Crippen LogP contribution in [0.3, 0.4) is 0 Å². The Labute approximate surface area is 114 Å². The number of hydrogen-bond donors (Lipinski definition) is 2. The van der Waals surface area contributed by atoms with E-state index >= 15 is 0 Å². The number of carboxylic acid groups (broad SMARTS) is 1. The highest BCUT2D eigenvalue weighted by molar-refractivity contribution is 9.10. The van der Waals surface area contributed by atoms with Gasteiger partial charge in [0.25, 0.3) is 0 Å². The SMILES string of the molecule is CC(C)N(CC(N)=O)c1ccc(C(=O)O)cc1Br. The van der Waals surface area contributed by atoms with Crippen LogP contribution in [-0.4, -0.2) is 29.6 Å². The number of benzene rings is 1. The van der Waals surface area contributed by atoms with Crippen LogP contribution in [0.25, 0.3) is 0 Å². The van der Waals surface area contributed by atoms with Crippen LogP contribution in [0.5, 0.6) is 0 Å². The molecular weight excluding hydrogens is 300 g/mol. The van der Waals surface area contributed by atoms with Crippen LogP contribution < -0.4 is 10.6 Å². The summed E-state index contributed by atoms with van der Waals surface area (Å²) in [4.78, 5) is 23.7. The summed E-state index contributed by atoms with van der Waals surface area (Å²) in [7, 11) is 0. The summed E-state index contributed by atoms with van der Waals surface area (Å²) in [6.45, 7) is 3.95. The zero-order valence-corrected chi connectivity index (χ0v) is 11.8. The van der Waals surface area contributed by atoms with E-state index in [0.29, 0.717) is 4.47 Å². The Hall–Kier alpha value is -1.56. The van der Waals surface area contributed by atoms with Gasteiger partial charge in [-0.1, -0.05) is 0 Å². The summed E-state index contributed by atoms with van der Waals surface area (Å²) in [5, 5.41) is 8.88. The maximum Gasteiger partial charge on any atom is 0.335 e. The number of anilines is 1. The van der Waals surface area contributed by atoms with Crippen molar-refractivity contribution < 1.29 is 14.7 Å². The smallest absolute Gasteiger partial charge is 0.335 e. The highest BCUT2D eigenvalue weighted by Gasteiger charge is 2.17. The fourth-order valence-electron chi connectivity index (χ4n) is 1.59. The number of carbonyl (C=O) groups is 2. The molecule has 0 aliphatic heterocycles. The van der Waals surface area contributed by atoms with Gasteiger partial charge in [0.15, 0.2) is 0 Å². The first kappa shape index (κ1) is 14.5. The van der Waals surface area contributed by atoms with Crippen LogP contribution in [0.15, 0.2) is 22.7 Å². The highest BCUT2D eigenvalue weighted by atomic mass is 79.9. The van der Waals surface area contributed by atoms with Gasteiger partial charge in [-0.25, -0.2) is 4.79 Å². The zero-order chi connectivity index (χ0) is 13.9. The Morgan fingerprint density at radius 1 is 1.44 bits per heavy atom. The van der Waals surface area contributed by atoms with E-state index in [0.717, 1.165) is 5.69 Å². The highest BCUT2D eigenvalue weighted by Crippen LogP contribution is 2.28. The molecule has 0 bridgehead atoms. The topological polar surface area (TPSA) is 83.6 Å². The van der Waals surface area contributed by atoms with Crippen molar-refractivity contribution in [1.82, 2.24) is 0 Å². The summed E-state index contributed by atoms with van der Waals surface area (Å²) in [6, 6.07) is 4.74. The lowest BCUT2D eigenvalue weighted by molar-refractivity contribution is -0.116. The molecule has 0 heterocycles. The lowest BCUT2D eigenvalue weighted by Gasteiger charge is -2.28. The molecule has 0 fully saturated rings. The van der Waals surface area contributed by atoms with Gasteiger partial charge in [0.05, 0.1) is 17.8 Å². The lowest BCUT2D eigenvalue weighted by atomic mass is 10.1. The van der Waals surface area contributed by atoms with E-state index < -0.39 is 11.9 Å². The van der Waals surface area contributed by atoms with Crippen LogP contribution >= 0.6 is 15.9 Å². The molecule has 1 aromatic rings. The summed E-state index contributed by atoms with van der Waals surface area (Å²) in [5.41, 5.74) is 6.14. The first-order valence-corrected chi connectivity index (χ1v) is 6.20. The monoisotopic (exact) mass is 314 g/mol. The first-order chi connectivity index (χ1) is 8.32. The molecule has 5 nitrogen and oxygen atoms in total. The second-order valence-corrected chi connectivity index (χ2v) is 5.01. The molecule has 1 rings (SSSR count). The van der Waals surface area contributed by atoms with Gasteiger partial charge in [0, 0.05) is 10.5 Å². The number of amides is 1. The largest absolute Gasteiger partial charge is 0.478 e. The van der Waals surface area contributed by atoms with Gasteiger partial charge in [0.1, 0.15) is 0 Å². The quantitative estimate of drug-likeness (QED) is 0.868. The molecule has 6 heteroatoms. The number of aromatic carboxylic acids is 1. The van der Waals surface area contributed by atoms with E-state index in [1.807, 2.05) is 13.8 Å². The third-order valence-corrected chi connectivity index (χ3v) is 3.09. The van der Waals surface area contributed by atoms with E-state index in [9.17, 15) is 9.59 Å². The van der Waals surface area contributed by atoms with Gasteiger partial charge in [-0.05, 0) is 48.0 Å². The lowest BCUT2D eigenvalue weighted by Crippen LogP contribution is -2.38. The van der Waals surface area contributed by atoms with Crippen molar-refractivity contribution in [1.29, 1.82) is 0 Å². The van der Waals surface area contributed by atoms with Gasteiger partial charge >= 0.3 is 5.97 Å². The average molecular weight is 315 g/mol. The molecule has 0 aliphatic carbocycles. The van der Waals surface area contributed by atoms with Crippen molar-refractivity contribution in [2.75, 3.05) is 11.4 Å². The van der Waals surface area contributed by atoms with Gasteiger partial charge in [-0.15, -0.1) is 0 Å². The third-order valence-electron chi connectivity index (χ3n) is 2.45. The summed E-state index contributed by atoms with van der Waals surface area (Å²) < 4.78 is 0.623. The van der Waals surface area contributed by atoms with Crippen LogP contribution in [0, 0.1) is 0 Å². The van der Waals surface area contributed by atoms with E-state index in [1.165, 1.54) is 12.1 Å². The molecule has 98 valence electrons. The number of nitrogens with zero attached hydrogens (tertiary/aromatic N) is 1. The minimum atomic E-state index is -0.992. The van der Waals surface area contributed by atoms with E-state index in [-0.39, 0.29) is 18.2 Å². The van der Waals surface area contributed by atoms with Gasteiger partial charge < -0.3 is 15.7 Å². The minimum Gasteiger partial charge on any atom is -0.478 e. The molecule has 1 aromatic carbocycles. The van der Waals surface area contributed by atoms with Crippen LogP contribution in [0.2, 0.25) is 0 Å². The van der Waals surface area contributed by atoms with Crippen LogP contribution in [-0.2, 0) is 4.79 Å². The number of nitrogens with two attached hydrogens (primary N) is 1. The van der Waals surface area contributed by atoms with Crippen molar-refractivity contribution >= 4 is 33.5 Å². The predicted octanol–water partition coefficient (Wildman–Crippen LogP) is 1.85. The minimum absolute atomic E-state index is 0.0736. The Kier molecular flexibility index (Phi) is 4.72. The molecule has 0 saturated carbocycles. The molecule has 0 spiro atoms. The summed E-state index contributed by atoms with van der Waals surface area (Å²) in [6.07, 6.45) is 0. The Balaban J connectivity index is 3.13. The number of rotatable bonds is 5. The molecule has 1 amide bonds. The van der Waals surface area contributed by atoms with E-state index in [1.54, 1.807) is 11.0 Å². The molecule has 0 unspecified atom stereocenters. The molecule has 0 saturated heterocycles. The third kappa shape index (κ3) is 3.46. The number of halogens is 1. The normalized spacial score (nSPS) is 10.4. The fourth-order valence-corrected chi connectivity index (χ4v) is 2.19. The van der Waals surface area contributed by atoms with Crippen LogP contribution in [0.4, 0.5) is 5.69 Å². The van der Waals surface area contributed by atoms with E-state index in [4.69, 9.17) is 10.8 Å². The molecular formula is C12H15BrN2O3. The Morgan fingerprint density at radius 2 is 2.06 bits per heavy atom. The van der Waals surface area contributed by atoms with Crippen molar-refractivity contribution in [3.05, 3.63) is 28.2 Å². The molecule has 0 aliphatic rings. The van der Waals surface area contributed by atoms with Gasteiger partial charge in [-0.3, -0.25) is 4.79 Å². The molecule has 18 heavy (non-hydrogen) atoms. The van der Waals surface area contributed by atoms with Gasteiger partial charge in [0.2, 0.25) is 5.91 Å². The Morgan fingerprint density at radius 3 is 2.44 bits per heavy atom. The first-order valence-electron chi connectivity index (χ1n) is 5.40. The van der Waals surface area contributed by atoms with Crippen molar-refractivity contribution in [2.45, 2.75) is 19.9 Å². The second kappa shape index (κ2) is 5.86. The number of hydrogen-bond acceptors (Lipinski definition) is 3. The zero-order valence-electron chi connectivity index (χ0n) is 10.2. The molecule has 0 atom stereocenters. The molecule has 3 N–H and O–H groups in total. The number of carboxylic acids is 1. The summed E-state index contributed by atoms with van der Waals surface area (Å²) >= 11 is 3.32. The maximum absolute atomic E-state index is 11.0. The van der Waals surface area contributed by atoms with E-state index in [2.05, 4.69) is 15.9 Å².